The molecule has 0 spiro atoms. The summed E-state index contributed by atoms with van der Waals surface area (Å²) in [6, 6.07) is 12.1. The first kappa shape index (κ1) is 21.1. The third-order valence-electron chi connectivity index (χ3n) is 5.17. The van der Waals surface area contributed by atoms with Gasteiger partial charge in [0.1, 0.15) is 12.4 Å². The molecule has 0 radical (unpaired) electrons. The number of ether oxygens (including phenoxy) is 2. The number of aryl methyl sites for hydroxylation is 1. The van der Waals surface area contributed by atoms with Crippen molar-refractivity contribution in [3.63, 3.8) is 0 Å². The van der Waals surface area contributed by atoms with Crippen molar-refractivity contribution >= 4 is 5.71 Å². The zero-order chi connectivity index (χ0) is 20.6. The molecule has 2 N–H and O–H groups in total. The van der Waals surface area contributed by atoms with Crippen LogP contribution in [0.5, 0.6) is 5.75 Å². The van der Waals surface area contributed by atoms with Crippen LogP contribution in [0.2, 0.25) is 0 Å². The number of hydrogen-bond acceptors (Lipinski definition) is 5. The topological polar surface area (TPSA) is 67.2 Å². The Hall–Kier alpha value is -2.66. The Morgan fingerprint density at radius 2 is 2.17 bits per heavy atom. The minimum absolute atomic E-state index is 0.212. The molecule has 0 saturated carbocycles. The van der Waals surface area contributed by atoms with Crippen LogP contribution in [0.1, 0.15) is 49.4 Å². The molecule has 1 aliphatic heterocycles. The lowest BCUT2D eigenvalue weighted by Crippen LogP contribution is -2.21. The molecule has 2 heterocycles. The van der Waals surface area contributed by atoms with Gasteiger partial charge in [-0.15, -0.1) is 0 Å². The van der Waals surface area contributed by atoms with E-state index < -0.39 is 0 Å². The number of aromatic nitrogens is 1. The predicted molar refractivity (Wildman–Crippen MR) is 117 cm³/mol. The summed E-state index contributed by atoms with van der Waals surface area (Å²) in [5.41, 5.74) is 4.37. The quantitative estimate of drug-likeness (QED) is 0.611. The molecule has 0 bridgehead atoms. The lowest BCUT2D eigenvalue weighted by molar-refractivity contribution is 0.0675. The average Bonchev–Trinajstić information content (AvgIpc) is 3.25. The molecule has 1 aromatic carbocycles. The predicted octanol–water partition coefficient (Wildman–Crippen LogP) is 4.61. The van der Waals surface area contributed by atoms with Crippen molar-refractivity contribution in [3.05, 3.63) is 71.2 Å². The lowest BCUT2D eigenvalue weighted by Gasteiger charge is -2.19. The fourth-order valence-corrected chi connectivity index (χ4v) is 3.38. The number of pyridine rings is 1. The molecule has 1 aliphatic rings. The monoisotopic (exact) mass is 393 g/mol. The van der Waals surface area contributed by atoms with Gasteiger partial charge in [-0.25, -0.2) is 0 Å². The summed E-state index contributed by atoms with van der Waals surface area (Å²) in [5, 5.41) is 11.7. The fraction of sp³-hybridized carbons (Fsp3) is 0.417. The van der Waals surface area contributed by atoms with E-state index in [2.05, 4.69) is 23.3 Å². The van der Waals surface area contributed by atoms with E-state index >= 15 is 0 Å². The fourth-order valence-electron chi connectivity index (χ4n) is 3.38. The molecule has 154 valence electrons. The molecule has 0 amide bonds. The van der Waals surface area contributed by atoms with Crippen LogP contribution in [0.25, 0.3) is 0 Å². The summed E-state index contributed by atoms with van der Waals surface area (Å²) >= 11 is 0. The molecule has 2 atom stereocenters. The zero-order valence-electron chi connectivity index (χ0n) is 17.6. The number of hydrogen-bond donors (Lipinski definition) is 2. The summed E-state index contributed by atoms with van der Waals surface area (Å²) in [7, 11) is 0. The van der Waals surface area contributed by atoms with Crippen LogP contribution >= 0.6 is 0 Å². The number of para-hydroxylation sites is 1. The third kappa shape index (κ3) is 6.16. The largest absolute Gasteiger partial charge is 0.491 e. The Morgan fingerprint density at radius 3 is 2.90 bits per heavy atom. The molecule has 3 rings (SSSR count). The highest BCUT2D eigenvalue weighted by Gasteiger charge is 2.18. The van der Waals surface area contributed by atoms with Crippen molar-refractivity contribution in [2.24, 2.45) is 0 Å². The summed E-state index contributed by atoms with van der Waals surface area (Å²) in [6.07, 6.45) is 6.00. The Bertz CT molecular complexity index is 839. The molecule has 1 fully saturated rings. The molecule has 2 unspecified atom stereocenters. The van der Waals surface area contributed by atoms with Crippen molar-refractivity contribution in [1.29, 1.82) is 5.41 Å². The van der Waals surface area contributed by atoms with Crippen LogP contribution in [-0.2, 0) is 4.74 Å². The van der Waals surface area contributed by atoms with E-state index in [1.807, 2.05) is 50.3 Å². The molecule has 0 aliphatic carbocycles. The van der Waals surface area contributed by atoms with E-state index in [1.54, 1.807) is 6.20 Å². The summed E-state index contributed by atoms with van der Waals surface area (Å²) < 4.78 is 11.7. The van der Waals surface area contributed by atoms with Gasteiger partial charge in [-0.05, 0) is 56.5 Å². The van der Waals surface area contributed by atoms with Gasteiger partial charge >= 0.3 is 0 Å². The zero-order valence-corrected chi connectivity index (χ0v) is 17.6. The number of nitrogens with zero attached hydrogens (tertiary/aromatic N) is 1. The van der Waals surface area contributed by atoms with Crippen LogP contribution < -0.4 is 10.1 Å². The maximum Gasteiger partial charge on any atom is 0.122 e. The van der Waals surface area contributed by atoms with Crippen LogP contribution in [0.4, 0.5) is 0 Å². The smallest absolute Gasteiger partial charge is 0.122 e. The van der Waals surface area contributed by atoms with Gasteiger partial charge in [0.25, 0.3) is 0 Å². The second-order valence-electron chi connectivity index (χ2n) is 7.70. The van der Waals surface area contributed by atoms with Crippen molar-refractivity contribution < 1.29 is 9.47 Å². The number of allylic oxidation sites excluding steroid dienone is 2. The van der Waals surface area contributed by atoms with Crippen LogP contribution in [0.3, 0.4) is 0 Å². The highest BCUT2D eigenvalue weighted by molar-refractivity contribution is 6.06. The van der Waals surface area contributed by atoms with E-state index in [0.29, 0.717) is 12.3 Å². The second kappa shape index (κ2) is 10.2. The van der Waals surface area contributed by atoms with Gasteiger partial charge in [-0.3, -0.25) is 4.98 Å². The van der Waals surface area contributed by atoms with Gasteiger partial charge in [-0.1, -0.05) is 25.1 Å². The summed E-state index contributed by atoms with van der Waals surface area (Å²) in [6.45, 7) is 8.33. The first-order valence-corrected chi connectivity index (χ1v) is 10.3. The van der Waals surface area contributed by atoms with Gasteiger partial charge in [0.2, 0.25) is 0 Å². The van der Waals surface area contributed by atoms with Crippen molar-refractivity contribution in [1.82, 2.24) is 10.3 Å². The third-order valence-corrected chi connectivity index (χ3v) is 5.17. The summed E-state index contributed by atoms with van der Waals surface area (Å²) in [5.74, 6) is 1.20. The highest BCUT2D eigenvalue weighted by Crippen LogP contribution is 2.27. The second-order valence-corrected chi connectivity index (χ2v) is 7.70. The van der Waals surface area contributed by atoms with Gasteiger partial charge in [0.15, 0.2) is 0 Å². The standard InChI is InChI=1S/C24H31N3O2/c1-17(14-26-19(3)13-23(25)20-11-10-18(2)27-15-20)22-8-4-5-9-24(22)29-16-21-7-6-12-28-21/h4-5,8-11,13,15,17,21,25-26H,6-7,12,14,16H2,1-3H3/b19-13+,25-23?. The molecule has 1 aromatic heterocycles. The summed E-state index contributed by atoms with van der Waals surface area (Å²) in [4.78, 5) is 4.26. The van der Waals surface area contributed by atoms with Gasteiger partial charge in [-0.2, -0.15) is 0 Å². The van der Waals surface area contributed by atoms with Crippen LogP contribution in [0.15, 0.2) is 54.4 Å². The van der Waals surface area contributed by atoms with Crippen molar-refractivity contribution in [2.45, 2.75) is 45.6 Å². The average molecular weight is 394 g/mol. The van der Waals surface area contributed by atoms with E-state index in [0.717, 1.165) is 48.7 Å². The molecule has 5 nitrogen and oxygen atoms in total. The van der Waals surface area contributed by atoms with Crippen LogP contribution in [0, 0.1) is 12.3 Å². The number of nitrogens with one attached hydrogen (secondary N) is 2. The maximum absolute atomic E-state index is 8.26. The van der Waals surface area contributed by atoms with Crippen LogP contribution in [-0.4, -0.2) is 36.6 Å². The molecule has 2 aromatic rings. The van der Waals surface area contributed by atoms with Crippen molar-refractivity contribution in [2.75, 3.05) is 19.8 Å². The van der Waals surface area contributed by atoms with Gasteiger partial charge in [0, 0.05) is 42.2 Å². The normalized spacial score (nSPS) is 17.8. The molecule has 5 heteroatoms. The van der Waals surface area contributed by atoms with E-state index in [1.165, 1.54) is 5.56 Å². The van der Waals surface area contributed by atoms with E-state index in [4.69, 9.17) is 14.9 Å². The minimum Gasteiger partial charge on any atom is -0.491 e. The first-order valence-electron chi connectivity index (χ1n) is 10.3. The Kier molecular flexibility index (Phi) is 7.42. The van der Waals surface area contributed by atoms with Gasteiger partial charge < -0.3 is 20.2 Å². The Balaban J connectivity index is 1.56. The SMILES string of the molecule is C/C(=C\C(=N)c1ccc(C)nc1)NCC(C)c1ccccc1OCC1CCCO1. The Labute approximate surface area is 173 Å². The lowest BCUT2D eigenvalue weighted by atomic mass is 10.00. The van der Waals surface area contributed by atoms with Crippen molar-refractivity contribution in [3.8, 4) is 5.75 Å². The molecule has 29 heavy (non-hydrogen) atoms. The minimum atomic E-state index is 0.212. The van der Waals surface area contributed by atoms with Gasteiger partial charge in [0.05, 0.1) is 11.8 Å². The Morgan fingerprint density at radius 1 is 1.34 bits per heavy atom. The first-order chi connectivity index (χ1) is 14.0. The molecule has 1 saturated heterocycles. The molecular weight excluding hydrogens is 362 g/mol. The van der Waals surface area contributed by atoms with E-state index in [9.17, 15) is 0 Å². The number of benzene rings is 1. The number of rotatable bonds is 9. The highest BCUT2D eigenvalue weighted by atomic mass is 16.5. The molecular formula is C24H31N3O2. The van der Waals surface area contributed by atoms with E-state index in [-0.39, 0.29) is 12.0 Å². The maximum atomic E-state index is 8.26.